The fraction of sp³-hybridized carbons (Fsp3) is 0.111. The summed E-state index contributed by atoms with van der Waals surface area (Å²) in [5.41, 5.74) is 1.30. The third kappa shape index (κ3) is 4.23. The van der Waals surface area contributed by atoms with E-state index in [0.29, 0.717) is 23.2 Å². The molecule has 0 saturated heterocycles. The van der Waals surface area contributed by atoms with Gasteiger partial charge in [0.05, 0.1) is 12.3 Å². The summed E-state index contributed by atoms with van der Waals surface area (Å²) in [5.74, 6) is 0.368. The molecule has 4 nitrogen and oxygen atoms in total. The molecule has 122 valence electrons. The summed E-state index contributed by atoms with van der Waals surface area (Å²) in [6.07, 6.45) is 0. The predicted octanol–water partition coefficient (Wildman–Crippen LogP) is 3.75. The van der Waals surface area contributed by atoms with Crippen molar-refractivity contribution in [2.45, 2.75) is 5.16 Å². The zero-order valence-corrected chi connectivity index (χ0v) is 13.6. The monoisotopic (exact) mass is 342 g/mol. The van der Waals surface area contributed by atoms with E-state index in [1.807, 2.05) is 30.3 Å². The number of aromatic nitrogens is 2. The maximum Gasteiger partial charge on any atom is 0.252 e. The van der Waals surface area contributed by atoms with Crippen molar-refractivity contribution < 1.29 is 9.13 Å². The average molecular weight is 342 g/mol. The van der Waals surface area contributed by atoms with Crippen molar-refractivity contribution in [1.82, 2.24) is 9.97 Å². The van der Waals surface area contributed by atoms with Gasteiger partial charge in [-0.05, 0) is 12.1 Å². The highest BCUT2D eigenvalue weighted by atomic mass is 32.2. The molecule has 1 N–H and O–H groups in total. The SMILES string of the molecule is O=c1cc(-c2ccccc2)nc(SCCOc2ccccc2F)[nH]1. The summed E-state index contributed by atoms with van der Waals surface area (Å²) in [6.45, 7) is 0.310. The molecule has 0 saturated carbocycles. The molecule has 0 amide bonds. The highest BCUT2D eigenvalue weighted by molar-refractivity contribution is 7.99. The molecule has 6 heteroatoms. The number of halogens is 1. The second kappa shape index (κ2) is 7.79. The summed E-state index contributed by atoms with van der Waals surface area (Å²) < 4.78 is 18.8. The average Bonchev–Trinajstić information content (AvgIpc) is 2.60. The summed E-state index contributed by atoms with van der Waals surface area (Å²) in [4.78, 5) is 18.9. The minimum atomic E-state index is -0.389. The number of benzene rings is 2. The Balaban J connectivity index is 1.62. The Bertz CT molecular complexity index is 868. The Hall–Kier alpha value is -2.60. The number of ether oxygens (including phenoxy) is 1. The van der Waals surface area contributed by atoms with Crippen LogP contribution in [-0.4, -0.2) is 22.3 Å². The number of H-pyrrole nitrogens is 1. The summed E-state index contributed by atoms with van der Waals surface area (Å²) in [5, 5.41) is 0.512. The molecule has 0 unspecified atom stereocenters. The van der Waals surface area contributed by atoms with Crippen molar-refractivity contribution in [3.8, 4) is 17.0 Å². The smallest absolute Gasteiger partial charge is 0.252 e. The van der Waals surface area contributed by atoms with Gasteiger partial charge in [-0.15, -0.1) is 0 Å². The van der Waals surface area contributed by atoms with Crippen molar-refractivity contribution >= 4 is 11.8 Å². The summed E-state index contributed by atoms with van der Waals surface area (Å²) in [6, 6.07) is 17.2. The van der Waals surface area contributed by atoms with Crippen molar-refractivity contribution in [2.75, 3.05) is 12.4 Å². The normalized spacial score (nSPS) is 10.5. The van der Waals surface area contributed by atoms with Crippen molar-refractivity contribution in [3.05, 3.63) is 76.8 Å². The van der Waals surface area contributed by atoms with Gasteiger partial charge in [0.2, 0.25) is 0 Å². The van der Waals surface area contributed by atoms with E-state index in [2.05, 4.69) is 9.97 Å². The van der Waals surface area contributed by atoms with Gasteiger partial charge in [-0.1, -0.05) is 54.2 Å². The van der Waals surface area contributed by atoms with Gasteiger partial charge in [-0.25, -0.2) is 9.37 Å². The van der Waals surface area contributed by atoms with E-state index in [4.69, 9.17) is 4.74 Å². The lowest BCUT2D eigenvalue weighted by atomic mass is 10.1. The fourth-order valence-corrected chi connectivity index (χ4v) is 2.81. The second-order valence-corrected chi connectivity index (χ2v) is 6.01. The molecule has 0 fully saturated rings. The molecule has 0 aliphatic heterocycles. The van der Waals surface area contributed by atoms with E-state index in [0.717, 1.165) is 5.56 Å². The third-order valence-electron chi connectivity index (χ3n) is 3.21. The van der Waals surface area contributed by atoms with Crippen molar-refractivity contribution in [3.63, 3.8) is 0 Å². The molecule has 1 heterocycles. The summed E-state index contributed by atoms with van der Waals surface area (Å²) >= 11 is 1.35. The number of rotatable bonds is 6. The lowest BCUT2D eigenvalue weighted by molar-refractivity contribution is 0.325. The van der Waals surface area contributed by atoms with Crippen molar-refractivity contribution in [1.29, 1.82) is 0 Å². The number of aromatic amines is 1. The quantitative estimate of drug-likeness (QED) is 0.421. The minimum absolute atomic E-state index is 0.207. The van der Waals surface area contributed by atoms with Gasteiger partial charge in [0, 0.05) is 17.4 Å². The zero-order valence-electron chi connectivity index (χ0n) is 12.7. The van der Waals surface area contributed by atoms with Crippen LogP contribution in [0.15, 0.2) is 70.6 Å². The van der Waals surface area contributed by atoms with Crippen LogP contribution in [0, 0.1) is 5.82 Å². The van der Waals surface area contributed by atoms with Crippen LogP contribution in [0.4, 0.5) is 4.39 Å². The Morgan fingerprint density at radius 2 is 1.83 bits per heavy atom. The Morgan fingerprint density at radius 3 is 2.62 bits per heavy atom. The van der Waals surface area contributed by atoms with Crippen LogP contribution >= 0.6 is 11.8 Å². The van der Waals surface area contributed by atoms with Crippen molar-refractivity contribution in [2.24, 2.45) is 0 Å². The molecule has 3 aromatic rings. The molecule has 0 aliphatic carbocycles. The maximum absolute atomic E-state index is 13.4. The van der Waals surface area contributed by atoms with Gasteiger partial charge < -0.3 is 9.72 Å². The van der Waals surface area contributed by atoms with Crippen LogP contribution in [0.1, 0.15) is 0 Å². The lowest BCUT2D eigenvalue weighted by Crippen LogP contribution is -2.09. The molecule has 1 aromatic heterocycles. The Kier molecular flexibility index (Phi) is 5.28. The standard InChI is InChI=1S/C18H15FN2O2S/c19-14-8-4-5-9-16(14)23-10-11-24-18-20-15(12-17(22)21-18)13-6-2-1-3-7-13/h1-9,12H,10-11H2,(H,20,21,22). The molecule has 2 aromatic carbocycles. The largest absolute Gasteiger partial charge is 0.490 e. The summed E-state index contributed by atoms with van der Waals surface area (Å²) in [7, 11) is 0. The first-order valence-electron chi connectivity index (χ1n) is 7.39. The van der Waals surface area contributed by atoms with E-state index >= 15 is 0 Å². The second-order valence-electron chi connectivity index (χ2n) is 4.93. The van der Waals surface area contributed by atoms with Crippen LogP contribution in [0.3, 0.4) is 0 Å². The molecule has 0 atom stereocenters. The topological polar surface area (TPSA) is 55.0 Å². The third-order valence-corrected chi connectivity index (χ3v) is 4.04. The van der Waals surface area contributed by atoms with Crippen LogP contribution in [0.25, 0.3) is 11.3 Å². The van der Waals surface area contributed by atoms with Gasteiger partial charge in [0.1, 0.15) is 0 Å². The van der Waals surface area contributed by atoms with Crippen LogP contribution in [0.2, 0.25) is 0 Å². The van der Waals surface area contributed by atoms with E-state index in [1.54, 1.807) is 18.2 Å². The number of hydrogen-bond donors (Lipinski definition) is 1. The van der Waals surface area contributed by atoms with Crippen LogP contribution in [0.5, 0.6) is 5.75 Å². The Morgan fingerprint density at radius 1 is 1.08 bits per heavy atom. The minimum Gasteiger partial charge on any atom is -0.490 e. The molecule has 0 radical (unpaired) electrons. The molecule has 0 spiro atoms. The first kappa shape index (κ1) is 16.3. The predicted molar refractivity (Wildman–Crippen MR) is 92.9 cm³/mol. The van der Waals surface area contributed by atoms with E-state index < -0.39 is 0 Å². The van der Waals surface area contributed by atoms with E-state index in [-0.39, 0.29) is 17.1 Å². The van der Waals surface area contributed by atoms with Crippen LogP contribution in [-0.2, 0) is 0 Å². The molecule has 24 heavy (non-hydrogen) atoms. The lowest BCUT2D eigenvalue weighted by Gasteiger charge is -2.07. The highest BCUT2D eigenvalue weighted by Gasteiger charge is 2.05. The Labute approximate surface area is 142 Å². The van der Waals surface area contributed by atoms with Gasteiger partial charge in [-0.2, -0.15) is 0 Å². The zero-order chi connectivity index (χ0) is 16.8. The molecular formula is C18H15FN2O2S. The van der Waals surface area contributed by atoms with Gasteiger partial charge in [0.15, 0.2) is 16.7 Å². The first-order chi connectivity index (χ1) is 11.7. The van der Waals surface area contributed by atoms with Gasteiger partial charge in [0.25, 0.3) is 5.56 Å². The number of hydrogen-bond acceptors (Lipinski definition) is 4. The van der Waals surface area contributed by atoms with Crippen LogP contribution < -0.4 is 10.3 Å². The number of thioether (sulfide) groups is 1. The van der Waals surface area contributed by atoms with Gasteiger partial charge in [-0.3, -0.25) is 4.79 Å². The van der Waals surface area contributed by atoms with E-state index in [9.17, 15) is 9.18 Å². The molecule has 3 rings (SSSR count). The molecule has 0 bridgehead atoms. The number of nitrogens with one attached hydrogen (secondary N) is 1. The molecule has 0 aliphatic rings. The van der Waals surface area contributed by atoms with Gasteiger partial charge >= 0.3 is 0 Å². The highest BCUT2D eigenvalue weighted by Crippen LogP contribution is 2.19. The number of nitrogens with zero attached hydrogens (tertiary/aromatic N) is 1. The maximum atomic E-state index is 13.4. The van der Waals surface area contributed by atoms with E-state index in [1.165, 1.54) is 23.9 Å². The first-order valence-corrected chi connectivity index (χ1v) is 8.38. The molecular weight excluding hydrogens is 327 g/mol. The number of para-hydroxylation sites is 1. The fourth-order valence-electron chi connectivity index (χ4n) is 2.11.